The summed E-state index contributed by atoms with van der Waals surface area (Å²) >= 11 is 0. The molecule has 0 bridgehead atoms. The minimum Gasteiger partial charge on any atom is -0.395 e. The van der Waals surface area contributed by atoms with Crippen LogP contribution in [0.1, 0.15) is 48.0 Å². The summed E-state index contributed by atoms with van der Waals surface area (Å²) in [5.74, 6) is 0. The summed E-state index contributed by atoms with van der Waals surface area (Å²) in [6, 6.07) is 7.66. The molecule has 1 saturated carbocycles. The maximum Gasteiger partial charge on any atom is 0.150 e. The highest BCUT2D eigenvalue weighted by Gasteiger charge is 2.34. The standard InChI is InChI=1S/C14H18O2/c15-10-12-6-2-3-7-13(12)14(11-16)8-4-1-5-9-14/h2-3,6-7,10,16H,1,4-5,8-9,11H2. The third-order valence-electron chi connectivity index (χ3n) is 3.77. The molecular formula is C14H18O2. The number of benzene rings is 1. The van der Waals surface area contributed by atoms with Gasteiger partial charge in [-0.15, -0.1) is 0 Å². The average Bonchev–Trinajstić information content (AvgIpc) is 2.39. The summed E-state index contributed by atoms with van der Waals surface area (Å²) in [6.45, 7) is 0.151. The van der Waals surface area contributed by atoms with Crippen molar-refractivity contribution in [2.75, 3.05) is 6.61 Å². The molecule has 1 aromatic carbocycles. The Bertz CT molecular complexity index is 365. The zero-order valence-corrected chi connectivity index (χ0v) is 9.48. The first-order valence-corrected chi connectivity index (χ1v) is 5.98. The molecule has 2 heteroatoms. The van der Waals surface area contributed by atoms with Crippen molar-refractivity contribution in [3.8, 4) is 0 Å². The number of hydrogen-bond acceptors (Lipinski definition) is 2. The maximum atomic E-state index is 11.0. The van der Waals surface area contributed by atoms with Gasteiger partial charge in [0, 0.05) is 11.0 Å². The second-order valence-corrected chi connectivity index (χ2v) is 4.70. The van der Waals surface area contributed by atoms with E-state index in [0.29, 0.717) is 0 Å². The van der Waals surface area contributed by atoms with Crippen LogP contribution in [0.2, 0.25) is 0 Å². The van der Waals surface area contributed by atoms with Crippen molar-refractivity contribution in [2.45, 2.75) is 37.5 Å². The SMILES string of the molecule is O=Cc1ccccc1C1(CO)CCCCC1. The van der Waals surface area contributed by atoms with E-state index in [0.717, 1.165) is 43.1 Å². The molecule has 0 aromatic heterocycles. The van der Waals surface area contributed by atoms with Gasteiger partial charge >= 0.3 is 0 Å². The Morgan fingerprint density at radius 2 is 1.88 bits per heavy atom. The number of carbonyl (C=O) groups is 1. The Hall–Kier alpha value is -1.15. The molecule has 1 aliphatic rings. The second-order valence-electron chi connectivity index (χ2n) is 4.70. The molecule has 1 N–H and O–H groups in total. The molecule has 0 spiro atoms. The summed E-state index contributed by atoms with van der Waals surface area (Å²) in [4.78, 5) is 11.0. The predicted molar refractivity (Wildman–Crippen MR) is 63.7 cm³/mol. The topological polar surface area (TPSA) is 37.3 Å². The van der Waals surface area contributed by atoms with E-state index in [4.69, 9.17) is 0 Å². The van der Waals surface area contributed by atoms with Crippen molar-refractivity contribution in [1.82, 2.24) is 0 Å². The van der Waals surface area contributed by atoms with Crippen molar-refractivity contribution >= 4 is 6.29 Å². The smallest absolute Gasteiger partial charge is 0.150 e. The van der Waals surface area contributed by atoms with Crippen LogP contribution in [0.3, 0.4) is 0 Å². The minimum atomic E-state index is -0.171. The molecule has 0 unspecified atom stereocenters. The molecule has 16 heavy (non-hydrogen) atoms. The molecule has 0 heterocycles. The number of aliphatic hydroxyl groups is 1. The van der Waals surface area contributed by atoms with Gasteiger partial charge < -0.3 is 5.11 Å². The lowest BCUT2D eigenvalue weighted by Gasteiger charge is -2.36. The van der Waals surface area contributed by atoms with E-state index < -0.39 is 0 Å². The Morgan fingerprint density at radius 3 is 2.50 bits per heavy atom. The highest BCUT2D eigenvalue weighted by molar-refractivity contribution is 5.78. The van der Waals surface area contributed by atoms with Gasteiger partial charge in [0.15, 0.2) is 0 Å². The fraction of sp³-hybridized carbons (Fsp3) is 0.500. The molecule has 0 saturated heterocycles. The van der Waals surface area contributed by atoms with Crippen LogP contribution in [0, 0.1) is 0 Å². The van der Waals surface area contributed by atoms with Crippen LogP contribution in [0.5, 0.6) is 0 Å². The summed E-state index contributed by atoms with van der Waals surface area (Å²) in [5.41, 5.74) is 1.60. The van der Waals surface area contributed by atoms with Crippen molar-refractivity contribution in [3.05, 3.63) is 35.4 Å². The van der Waals surface area contributed by atoms with E-state index in [1.165, 1.54) is 6.42 Å². The lowest BCUT2D eigenvalue weighted by molar-refractivity contribution is 0.111. The summed E-state index contributed by atoms with van der Waals surface area (Å²) in [6.07, 6.45) is 6.43. The van der Waals surface area contributed by atoms with Crippen molar-refractivity contribution in [3.63, 3.8) is 0 Å². The van der Waals surface area contributed by atoms with Crippen LogP contribution < -0.4 is 0 Å². The zero-order chi connectivity index (χ0) is 11.4. The van der Waals surface area contributed by atoms with E-state index in [9.17, 15) is 9.90 Å². The minimum absolute atomic E-state index is 0.151. The highest BCUT2D eigenvalue weighted by Crippen LogP contribution is 2.40. The van der Waals surface area contributed by atoms with Crippen LogP contribution in [-0.4, -0.2) is 18.0 Å². The second kappa shape index (κ2) is 4.79. The van der Waals surface area contributed by atoms with E-state index in [2.05, 4.69) is 0 Å². The van der Waals surface area contributed by atoms with Crippen LogP contribution in [0.25, 0.3) is 0 Å². The van der Waals surface area contributed by atoms with Crippen LogP contribution in [0.15, 0.2) is 24.3 Å². The monoisotopic (exact) mass is 218 g/mol. The first-order chi connectivity index (χ1) is 7.82. The van der Waals surface area contributed by atoms with Crippen LogP contribution in [-0.2, 0) is 5.41 Å². The van der Waals surface area contributed by atoms with Gasteiger partial charge in [0.25, 0.3) is 0 Å². The van der Waals surface area contributed by atoms with E-state index in [1.807, 2.05) is 24.3 Å². The van der Waals surface area contributed by atoms with Crippen LogP contribution in [0.4, 0.5) is 0 Å². The third-order valence-corrected chi connectivity index (χ3v) is 3.77. The Morgan fingerprint density at radius 1 is 1.19 bits per heavy atom. The number of hydrogen-bond donors (Lipinski definition) is 1. The normalized spacial score (nSPS) is 19.3. The third kappa shape index (κ3) is 1.90. The van der Waals surface area contributed by atoms with Gasteiger partial charge in [0.1, 0.15) is 6.29 Å². The number of aliphatic hydroxyl groups excluding tert-OH is 1. The number of carbonyl (C=O) groups excluding carboxylic acids is 1. The molecule has 86 valence electrons. The fourth-order valence-electron chi connectivity index (χ4n) is 2.82. The lowest BCUT2D eigenvalue weighted by Crippen LogP contribution is -2.34. The zero-order valence-electron chi connectivity index (χ0n) is 9.48. The molecule has 0 radical (unpaired) electrons. The van der Waals surface area contributed by atoms with Gasteiger partial charge in [-0.2, -0.15) is 0 Å². The first kappa shape index (κ1) is 11.3. The van der Waals surface area contributed by atoms with Crippen molar-refractivity contribution < 1.29 is 9.90 Å². The molecule has 2 rings (SSSR count). The molecule has 1 aromatic rings. The van der Waals surface area contributed by atoms with Crippen molar-refractivity contribution in [2.24, 2.45) is 0 Å². The van der Waals surface area contributed by atoms with E-state index in [-0.39, 0.29) is 12.0 Å². The fourth-order valence-corrected chi connectivity index (χ4v) is 2.82. The van der Waals surface area contributed by atoms with Gasteiger partial charge in [0.2, 0.25) is 0 Å². The largest absolute Gasteiger partial charge is 0.395 e. The molecular weight excluding hydrogens is 200 g/mol. The molecule has 2 nitrogen and oxygen atoms in total. The summed E-state index contributed by atoms with van der Waals surface area (Å²) < 4.78 is 0. The molecule has 1 fully saturated rings. The lowest BCUT2D eigenvalue weighted by atomic mass is 9.69. The summed E-state index contributed by atoms with van der Waals surface area (Å²) in [5, 5.41) is 9.70. The van der Waals surface area contributed by atoms with Crippen molar-refractivity contribution in [1.29, 1.82) is 0 Å². The predicted octanol–water partition coefficient (Wildman–Crippen LogP) is 2.69. The van der Waals surface area contributed by atoms with E-state index >= 15 is 0 Å². The molecule has 1 aliphatic carbocycles. The molecule has 0 atom stereocenters. The Kier molecular flexibility index (Phi) is 3.39. The van der Waals surface area contributed by atoms with Gasteiger partial charge in [-0.25, -0.2) is 0 Å². The Balaban J connectivity index is 2.42. The number of rotatable bonds is 3. The maximum absolute atomic E-state index is 11.0. The number of aldehydes is 1. The first-order valence-electron chi connectivity index (χ1n) is 5.98. The quantitative estimate of drug-likeness (QED) is 0.792. The van der Waals surface area contributed by atoms with Gasteiger partial charge in [0.05, 0.1) is 6.61 Å². The highest BCUT2D eigenvalue weighted by atomic mass is 16.3. The molecule has 0 aliphatic heterocycles. The van der Waals surface area contributed by atoms with Gasteiger partial charge in [-0.3, -0.25) is 4.79 Å². The van der Waals surface area contributed by atoms with Crippen LogP contribution >= 0.6 is 0 Å². The van der Waals surface area contributed by atoms with E-state index in [1.54, 1.807) is 0 Å². The Labute approximate surface area is 96.3 Å². The average molecular weight is 218 g/mol. The summed E-state index contributed by atoms with van der Waals surface area (Å²) in [7, 11) is 0. The molecule has 0 amide bonds. The van der Waals surface area contributed by atoms with Gasteiger partial charge in [-0.05, 0) is 18.4 Å². The van der Waals surface area contributed by atoms with Gasteiger partial charge in [-0.1, -0.05) is 43.5 Å².